The van der Waals surface area contributed by atoms with Crippen molar-refractivity contribution in [3.8, 4) is 10.8 Å². The Morgan fingerprint density at radius 1 is 1.33 bits per heavy atom. The number of thiophene rings is 1. The summed E-state index contributed by atoms with van der Waals surface area (Å²) < 4.78 is 19.0. The fourth-order valence-corrected chi connectivity index (χ4v) is 3.55. The Balaban J connectivity index is 1.77. The predicted molar refractivity (Wildman–Crippen MR) is 95.8 cm³/mol. The third-order valence-electron chi connectivity index (χ3n) is 3.93. The van der Waals surface area contributed by atoms with Crippen LogP contribution in [0, 0.1) is 12.7 Å². The van der Waals surface area contributed by atoms with Gasteiger partial charge in [0, 0.05) is 17.1 Å². The highest BCUT2D eigenvalue weighted by Gasteiger charge is 2.24. The first-order chi connectivity index (χ1) is 11.4. The molecule has 3 aromatic rings. The fourth-order valence-electron chi connectivity index (χ4n) is 2.49. The van der Waals surface area contributed by atoms with E-state index in [1.807, 2.05) is 38.3 Å². The first-order valence-electron chi connectivity index (χ1n) is 7.57. The third-order valence-corrected chi connectivity index (χ3v) is 5.10. The molecule has 6 heteroatoms. The van der Waals surface area contributed by atoms with Gasteiger partial charge in [-0.05, 0) is 49.9 Å². The van der Waals surface area contributed by atoms with E-state index < -0.39 is 5.54 Å². The molecule has 0 fully saturated rings. The Morgan fingerprint density at radius 2 is 2.12 bits per heavy atom. The van der Waals surface area contributed by atoms with E-state index in [0.717, 1.165) is 21.9 Å². The van der Waals surface area contributed by atoms with Crippen molar-refractivity contribution in [2.24, 2.45) is 0 Å². The Kier molecular flexibility index (Phi) is 4.76. The molecular formula is C18H18ClFN2OS. The molecule has 0 saturated heterocycles. The number of aryl methyl sites for hydroxylation is 1. The van der Waals surface area contributed by atoms with E-state index >= 15 is 0 Å². The quantitative estimate of drug-likeness (QED) is 0.646. The van der Waals surface area contributed by atoms with Crippen LogP contribution in [0.5, 0.6) is 0 Å². The summed E-state index contributed by atoms with van der Waals surface area (Å²) in [6.45, 7) is 6.43. The lowest BCUT2D eigenvalue weighted by Crippen LogP contribution is -2.36. The molecular weight excluding hydrogens is 347 g/mol. The van der Waals surface area contributed by atoms with Crippen molar-refractivity contribution >= 4 is 22.9 Å². The van der Waals surface area contributed by atoms with Crippen LogP contribution < -0.4 is 5.32 Å². The van der Waals surface area contributed by atoms with Crippen molar-refractivity contribution in [3.05, 3.63) is 63.6 Å². The van der Waals surface area contributed by atoms with E-state index in [9.17, 15) is 4.39 Å². The van der Waals surface area contributed by atoms with Crippen LogP contribution in [0.2, 0.25) is 5.02 Å². The summed E-state index contributed by atoms with van der Waals surface area (Å²) in [4.78, 5) is 5.58. The first-order valence-corrected chi connectivity index (χ1v) is 8.83. The van der Waals surface area contributed by atoms with E-state index in [4.69, 9.17) is 16.0 Å². The monoisotopic (exact) mass is 364 g/mol. The maximum absolute atomic E-state index is 13.3. The molecule has 1 aromatic carbocycles. The van der Waals surface area contributed by atoms with Crippen LogP contribution in [0.3, 0.4) is 0 Å². The smallest absolute Gasteiger partial charge is 0.236 e. The summed E-state index contributed by atoms with van der Waals surface area (Å²) in [5.41, 5.74) is 1.26. The highest BCUT2D eigenvalue weighted by atomic mass is 35.5. The molecule has 2 heterocycles. The minimum absolute atomic E-state index is 0.340. The molecule has 0 atom stereocenters. The average molecular weight is 365 g/mol. The topological polar surface area (TPSA) is 38.1 Å². The second-order valence-electron chi connectivity index (χ2n) is 6.10. The van der Waals surface area contributed by atoms with Crippen molar-refractivity contribution in [1.82, 2.24) is 10.3 Å². The van der Waals surface area contributed by atoms with Gasteiger partial charge in [0.05, 0.1) is 10.6 Å². The van der Waals surface area contributed by atoms with Crippen LogP contribution in [-0.2, 0) is 12.1 Å². The molecule has 0 unspecified atom stereocenters. The minimum atomic E-state index is -0.431. The largest absolute Gasteiger partial charge is 0.440 e. The summed E-state index contributed by atoms with van der Waals surface area (Å²) >= 11 is 7.78. The molecule has 0 aliphatic carbocycles. The lowest BCUT2D eigenvalue weighted by atomic mass is 9.94. The average Bonchev–Trinajstić information content (AvgIpc) is 3.14. The third kappa shape index (κ3) is 3.53. The summed E-state index contributed by atoms with van der Waals surface area (Å²) in [7, 11) is 0. The number of rotatable bonds is 5. The molecule has 3 nitrogen and oxygen atoms in total. The van der Waals surface area contributed by atoms with E-state index in [0.29, 0.717) is 17.5 Å². The molecule has 2 aromatic heterocycles. The Bertz CT molecular complexity index is 843. The number of hydrogen-bond donors (Lipinski definition) is 1. The van der Waals surface area contributed by atoms with Gasteiger partial charge in [-0.2, -0.15) is 0 Å². The van der Waals surface area contributed by atoms with Crippen LogP contribution in [0.15, 0.2) is 40.1 Å². The number of nitrogens with one attached hydrogen (secondary N) is 1. The summed E-state index contributed by atoms with van der Waals surface area (Å²) in [6, 6.07) is 8.40. The highest BCUT2D eigenvalue weighted by Crippen LogP contribution is 2.30. The van der Waals surface area contributed by atoms with Crippen molar-refractivity contribution in [2.75, 3.05) is 0 Å². The Morgan fingerprint density at radius 3 is 2.79 bits per heavy atom. The van der Waals surface area contributed by atoms with Crippen LogP contribution in [-0.4, -0.2) is 4.98 Å². The maximum atomic E-state index is 13.3. The standard InChI is InChI=1S/C18H18ClFN2OS/c1-11-15(22-17(23-11)16-5-4-8-24-16)10-21-18(2,3)13-7-6-12(20)9-14(13)19/h4-9,21H,10H2,1-3H3. The molecule has 0 spiro atoms. The van der Waals surface area contributed by atoms with Gasteiger partial charge < -0.3 is 9.73 Å². The molecule has 126 valence electrons. The van der Waals surface area contributed by atoms with Crippen LogP contribution in [0.25, 0.3) is 10.8 Å². The van der Waals surface area contributed by atoms with Gasteiger partial charge in [0.2, 0.25) is 5.89 Å². The fraction of sp³-hybridized carbons (Fsp3) is 0.278. The van der Waals surface area contributed by atoms with Crippen LogP contribution >= 0.6 is 22.9 Å². The zero-order valence-electron chi connectivity index (χ0n) is 13.7. The minimum Gasteiger partial charge on any atom is -0.440 e. The van der Waals surface area contributed by atoms with Crippen molar-refractivity contribution in [1.29, 1.82) is 0 Å². The molecule has 0 aliphatic heterocycles. The van der Waals surface area contributed by atoms with Gasteiger partial charge in [0.1, 0.15) is 11.6 Å². The number of oxazole rings is 1. The van der Waals surface area contributed by atoms with Gasteiger partial charge in [0.15, 0.2) is 0 Å². The lowest BCUT2D eigenvalue weighted by molar-refractivity contribution is 0.396. The zero-order chi connectivity index (χ0) is 17.3. The molecule has 24 heavy (non-hydrogen) atoms. The number of hydrogen-bond acceptors (Lipinski definition) is 4. The summed E-state index contributed by atoms with van der Waals surface area (Å²) in [5, 5.41) is 5.82. The Labute approximate surface area is 149 Å². The molecule has 0 saturated carbocycles. The molecule has 0 amide bonds. The first kappa shape index (κ1) is 17.1. The van der Waals surface area contributed by atoms with Crippen LogP contribution in [0.1, 0.15) is 30.9 Å². The summed E-state index contributed by atoms with van der Waals surface area (Å²) in [5.74, 6) is 1.08. The summed E-state index contributed by atoms with van der Waals surface area (Å²) in [6.07, 6.45) is 0. The molecule has 0 bridgehead atoms. The highest BCUT2D eigenvalue weighted by molar-refractivity contribution is 7.13. The number of halogens is 2. The number of aromatic nitrogens is 1. The van der Waals surface area contributed by atoms with Gasteiger partial charge in [-0.3, -0.25) is 0 Å². The molecule has 0 radical (unpaired) electrons. The van der Waals surface area contributed by atoms with Gasteiger partial charge in [-0.25, -0.2) is 9.37 Å². The van der Waals surface area contributed by atoms with Crippen LogP contribution in [0.4, 0.5) is 4.39 Å². The van der Waals surface area contributed by atoms with Gasteiger partial charge >= 0.3 is 0 Å². The predicted octanol–water partition coefficient (Wildman–Crippen LogP) is 5.53. The normalized spacial score (nSPS) is 11.9. The van der Waals surface area contributed by atoms with Gasteiger partial charge in [-0.15, -0.1) is 11.3 Å². The lowest BCUT2D eigenvalue weighted by Gasteiger charge is -2.27. The van der Waals surface area contributed by atoms with Crippen molar-refractivity contribution < 1.29 is 8.81 Å². The molecule has 0 aliphatic rings. The second kappa shape index (κ2) is 6.67. The number of nitrogens with zero attached hydrogens (tertiary/aromatic N) is 1. The van der Waals surface area contributed by atoms with E-state index in [-0.39, 0.29) is 5.82 Å². The van der Waals surface area contributed by atoms with Gasteiger partial charge in [0.25, 0.3) is 0 Å². The SMILES string of the molecule is Cc1oc(-c2cccs2)nc1CNC(C)(C)c1ccc(F)cc1Cl. The number of benzene rings is 1. The Hall–Kier alpha value is -1.69. The van der Waals surface area contributed by atoms with Crippen molar-refractivity contribution in [2.45, 2.75) is 32.9 Å². The second-order valence-corrected chi connectivity index (χ2v) is 7.46. The molecule has 3 rings (SSSR count). The van der Waals surface area contributed by atoms with E-state index in [1.54, 1.807) is 17.4 Å². The maximum Gasteiger partial charge on any atom is 0.236 e. The molecule has 1 N–H and O–H groups in total. The van der Waals surface area contributed by atoms with E-state index in [1.165, 1.54) is 12.1 Å². The van der Waals surface area contributed by atoms with E-state index in [2.05, 4.69) is 10.3 Å². The van der Waals surface area contributed by atoms with Crippen molar-refractivity contribution in [3.63, 3.8) is 0 Å². The zero-order valence-corrected chi connectivity index (χ0v) is 15.3. The van der Waals surface area contributed by atoms with Gasteiger partial charge in [-0.1, -0.05) is 23.7 Å².